The van der Waals surface area contributed by atoms with E-state index in [4.69, 9.17) is 0 Å². The first kappa shape index (κ1) is 22.7. The van der Waals surface area contributed by atoms with Crippen molar-refractivity contribution in [1.82, 2.24) is 0 Å². The van der Waals surface area contributed by atoms with Crippen LogP contribution in [-0.4, -0.2) is 25.4 Å². The monoisotopic (exact) mass is 416 g/mol. The molecule has 2 fully saturated rings. The molecule has 2 nitrogen and oxygen atoms in total. The Labute approximate surface area is 179 Å². The Balaban J connectivity index is 1.74. The Kier molecular flexibility index (Phi) is 7.15. The van der Waals surface area contributed by atoms with Gasteiger partial charge in [0.2, 0.25) is 0 Å². The zero-order chi connectivity index (χ0) is 21.9. The molecule has 0 amide bonds. The molecule has 0 N–H and O–H groups in total. The van der Waals surface area contributed by atoms with Gasteiger partial charge >= 0.3 is 5.97 Å². The summed E-state index contributed by atoms with van der Waals surface area (Å²) >= 11 is 0. The van der Waals surface area contributed by atoms with E-state index in [-0.39, 0.29) is 24.2 Å². The fourth-order valence-corrected chi connectivity index (χ4v) is 5.58. The summed E-state index contributed by atoms with van der Waals surface area (Å²) in [7, 11) is 1.39. The molecule has 0 saturated heterocycles. The molecule has 30 heavy (non-hydrogen) atoms. The van der Waals surface area contributed by atoms with Crippen molar-refractivity contribution in [1.29, 1.82) is 0 Å². The number of fused-ring (bicyclic) bond motifs is 1. The fourth-order valence-electron chi connectivity index (χ4n) is 5.58. The average molecular weight is 417 g/mol. The molecule has 2 saturated carbocycles. The van der Waals surface area contributed by atoms with Crippen molar-refractivity contribution in [3.63, 3.8) is 0 Å². The molecule has 4 heteroatoms. The molecule has 0 aliphatic heterocycles. The summed E-state index contributed by atoms with van der Waals surface area (Å²) in [5, 5.41) is 0. The van der Waals surface area contributed by atoms with Gasteiger partial charge in [-0.25, -0.2) is 13.6 Å². The Morgan fingerprint density at radius 3 is 2.90 bits per heavy atom. The van der Waals surface area contributed by atoms with Crippen molar-refractivity contribution in [2.75, 3.05) is 7.11 Å². The van der Waals surface area contributed by atoms with Crippen LogP contribution in [-0.2, 0) is 9.53 Å². The predicted molar refractivity (Wildman–Crippen MR) is 117 cm³/mol. The first-order valence-corrected chi connectivity index (χ1v) is 11.1. The summed E-state index contributed by atoms with van der Waals surface area (Å²) in [6.07, 6.45) is 12.7. The SMILES string of the molecule is C=C1C(=CC=C2CCCC3(C)C(C(C)CC=CC(=O)OC)=CCC23)CC(F)CC1F. The maximum Gasteiger partial charge on any atom is 0.330 e. The zero-order valence-electron chi connectivity index (χ0n) is 18.4. The number of alkyl halides is 2. The molecule has 0 heterocycles. The first-order chi connectivity index (χ1) is 14.3. The van der Waals surface area contributed by atoms with Crippen LogP contribution in [0.25, 0.3) is 0 Å². The van der Waals surface area contributed by atoms with Crippen molar-refractivity contribution < 1.29 is 18.3 Å². The molecule has 0 aromatic heterocycles. The van der Waals surface area contributed by atoms with Crippen molar-refractivity contribution in [2.24, 2.45) is 17.3 Å². The first-order valence-electron chi connectivity index (χ1n) is 11.1. The topological polar surface area (TPSA) is 26.3 Å². The van der Waals surface area contributed by atoms with E-state index in [1.54, 1.807) is 0 Å². The molecule has 3 aliphatic rings. The van der Waals surface area contributed by atoms with Crippen LogP contribution in [0.1, 0.15) is 58.8 Å². The summed E-state index contributed by atoms with van der Waals surface area (Å²) in [6, 6.07) is 0. The van der Waals surface area contributed by atoms with Gasteiger partial charge in [0.15, 0.2) is 0 Å². The fraction of sp³-hybridized carbons (Fsp3) is 0.577. The number of halogens is 2. The maximum absolute atomic E-state index is 14.0. The molecule has 5 unspecified atom stereocenters. The Morgan fingerprint density at radius 2 is 2.17 bits per heavy atom. The van der Waals surface area contributed by atoms with Gasteiger partial charge in [-0.1, -0.05) is 55.9 Å². The van der Waals surface area contributed by atoms with Gasteiger partial charge in [0.1, 0.15) is 12.3 Å². The zero-order valence-corrected chi connectivity index (χ0v) is 18.4. The number of allylic oxidation sites excluding steroid dienone is 8. The summed E-state index contributed by atoms with van der Waals surface area (Å²) in [5.41, 5.74) is 4.11. The van der Waals surface area contributed by atoms with E-state index in [1.165, 1.54) is 24.3 Å². The smallest absolute Gasteiger partial charge is 0.330 e. The van der Waals surface area contributed by atoms with E-state index in [2.05, 4.69) is 37.3 Å². The molecule has 3 rings (SSSR count). The molecule has 0 aromatic carbocycles. The third-order valence-electron chi connectivity index (χ3n) is 7.28. The van der Waals surface area contributed by atoms with Crippen molar-refractivity contribution in [3.05, 3.63) is 59.3 Å². The van der Waals surface area contributed by atoms with E-state index in [1.807, 2.05) is 12.2 Å². The normalized spacial score (nSPS) is 35.6. The third kappa shape index (κ3) is 4.68. The second kappa shape index (κ2) is 9.45. The molecule has 164 valence electrons. The molecule has 0 bridgehead atoms. The van der Waals surface area contributed by atoms with Crippen LogP contribution in [0.4, 0.5) is 8.78 Å². The Bertz CT molecular complexity index is 804. The highest BCUT2D eigenvalue weighted by molar-refractivity contribution is 5.81. The van der Waals surface area contributed by atoms with Crippen molar-refractivity contribution >= 4 is 5.97 Å². The van der Waals surface area contributed by atoms with Crippen LogP contribution >= 0.6 is 0 Å². The third-order valence-corrected chi connectivity index (χ3v) is 7.28. The number of esters is 1. The van der Waals surface area contributed by atoms with Crippen LogP contribution in [0.2, 0.25) is 0 Å². The number of rotatable bonds is 5. The second-order valence-corrected chi connectivity index (χ2v) is 9.24. The van der Waals surface area contributed by atoms with Gasteiger partial charge in [-0.3, -0.25) is 0 Å². The molecule has 0 spiro atoms. The largest absolute Gasteiger partial charge is 0.466 e. The lowest BCUT2D eigenvalue weighted by Gasteiger charge is -2.42. The summed E-state index contributed by atoms with van der Waals surface area (Å²) in [6.45, 7) is 8.42. The molecule has 5 atom stereocenters. The molecular weight excluding hydrogens is 382 g/mol. The molecular formula is C26H34F2O2. The number of carbonyl (C=O) groups is 1. The quantitative estimate of drug-likeness (QED) is 0.281. The minimum Gasteiger partial charge on any atom is -0.466 e. The van der Waals surface area contributed by atoms with Gasteiger partial charge < -0.3 is 4.74 Å². The Morgan fingerprint density at radius 1 is 1.40 bits per heavy atom. The van der Waals surface area contributed by atoms with Crippen LogP contribution in [0.3, 0.4) is 0 Å². The van der Waals surface area contributed by atoms with Gasteiger partial charge in [-0.15, -0.1) is 0 Å². The lowest BCUT2D eigenvalue weighted by Crippen LogP contribution is -2.32. The van der Waals surface area contributed by atoms with E-state index in [0.29, 0.717) is 23.0 Å². The van der Waals surface area contributed by atoms with Gasteiger partial charge in [0.05, 0.1) is 7.11 Å². The summed E-state index contributed by atoms with van der Waals surface area (Å²) in [4.78, 5) is 11.3. The number of methoxy groups -OCH3 is 1. The van der Waals surface area contributed by atoms with E-state index in [9.17, 15) is 13.6 Å². The second-order valence-electron chi connectivity index (χ2n) is 9.24. The minimum absolute atomic E-state index is 0.0664. The van der Waals surface area contributed by atoms with Crippen LogP contribution < -0.4 is 0 Å². The van der Waals surface area contributed by atoms with Crippen LogP contribution in [0.5, 0.6) is 0 Å². The maximum atomic E-state index is 14.0. The van der Waals surface area contributed by atoms with Crippen LogP contribution in [0.15, 0.2) is 59.3 Å². The molecule has 0 aromatic rings. The lowest BCUT2D eigenvalue weighted by molar-refractivity contribution is -0.134. The highest BCUT2D eigenvalue weighted by atomic mass is 19.1. The van der Waals surface area contributed by atoms with Gasteiger partial charge in [-0.2, -0.15) is 0 Å². The van der Waals surface area contributed by atoms with E-state index >= 15 is 0 Å². The standard InChI is InChI=1S/C26H34F2O2/c1-17(7-5-9-25(29)30-4)22-12-13-23-19(8-6-14-26(22,23)3)10-11-20-15-21(27)16-24(28)18(20)2/h5,9-12,17,21,23-24H,2,6-8,13-16H2,1,3-4H3. The number of hydrogen-bond acceptors (Lipinski definition) is 2. The number of carbonyl (C=O) groups excluding carboxylic acids is 1. The number of hydrogen-bond donors (Lipinski definition) is 0. The van der Waals surface area contributed by atoms with Crippen molar-refractivity contribution in [2.45, 2.75) is 71.1 Å². The molecule has 0 radical (unpaired) electrons. The number of ether oxygens (including phenoxy) is 1. The predicted octanol–water partition coefficient (Wildman–Crippen LogP) is 6.76. The molecule has 3 aliphatic carbocycles. The van der Waals surface area contributed by atoms with E-state index in [0.717, 1.165) is 32.1 Å². The highest BCUT2D eigenvalue weighted by Crippen LogP contribution is 2.56. The average Bonchev–Trinajstić information content (AvgIpc) is 3.06. The van der Waals surface area contributed by atoms with E-state index < -0.39 is 12.3 Å². The van der Waals surface area contributed by atoms with Crippen molar-refractivity contribution in [3.8, 4) is 0 Å². The Hall–Kier alpha value is -1.97. The van der Waals surface area contributed by atoms with Gasteiger partial charge in [0.25, 0.3) is 0 Å². The van der Waals surface area contributed by atoms with Gasteiger partial charge in [-0.05, 0) is 60.5 Å². The summed E-state index contributed by atoms with van der Waals surface area (Å²) in [5.74, 6) is 0.471. The minimum atomic E-state index is -1.27. The highest BCUT2D eigenvalue weighted by Gasteiger charge is 2.45. The lowest BCUT2D eigenvalue weighted by atomic mass is 9.62. The van der Waals surface area contributed by atoms with Crippen LogP contribution in [0, 0.1) is 17.3 Å². The summed E-state index contributed by atoms with van der Waals surface area (Å²) < 4.78 is 32.5. The van der Waals surface area contributed by atoms with Gasteiger partial charge in [0, 0.05) is 18.9 Å².